The molecule has 133 heavy (non-hydrogen) atoms. The Kier molecular flexibility index (Phi) is 51.4. The molecule has 0 saturated carbocycles. The van der Waals surface area contributed by atoms with Gasteiger partial charge in [-0.1, -0.05) is 157 Å². The van der Waals surface area contributed by atoms with Crippen molar-refractivity contribution in [1.82, 2.24) is 14.7 Å². The van der Waals surface area contributed by atoms with Crippen LogP contribution in [0.4, 0.5) is 0 Å². The summed E-state index contributed by atoms with van der Waals surface area (Å²) in [6.45, 7) is 53.7. The molecule has 9 aromatic carbocycles. The molecule has 0 aliphatic carbocycles. The van der Waals surface area contributed by atoms with Crippen LogP contribution in [-0.4, -0.2) is 181 Å². The van der Waals surface area contributed by atoms with E-state index >= 15 is 0 Å². The molecule has 13 rings (SSSR count). The normalized spacial score (nSPS) is 16.7. The molecule has 0 bridgehead atoms. The number of benzene rings is 9. The standard InChI is InChI=1S/2C15H24N2O.C15H24N2.C12H18O2.C12H16O2.2C11H14O2.C11H16O2.C10H12O3/c1-11(2)17-9-13(7-14(16)10-17)12-5-4-6-15(8-12)18-3;1-11(2)17-9-12(8-13(16)10-17)14-6-4-5-7-15(14)18-3;1-12(2)17-10-14(9-15(16)11-17)8-13-6-4-3-5-7-13;1-9(2)13-11-6-5-7-12(8-11)14-10(3)4;1-4-14-12(13)11-8-6-5-7-10(11)9(2)3;1-8(2)9-4-6-10(7-5-9)11(12)13-3;1-8(2)9-5-4-6-10(7-9)11(12)13-3;1-4-12-10-6-5-7-11(8-10)13-9(2)3;1-7(2)13-8-3-4-9-10(5-8)12-6-11-9/h4-6,8,11,13-14H,7,9-10,16H2,1-3H3;4-7,11-13H,8-10,16H2,1-3H3;3-7,12,14-15H,8-11,16H2,1-2H3;5-10H,1-4H3;5-9H,4H2,1-3H3;2*4-8H,1-3H3;5-9H,4H2,1-3H3;3-5,7H,6H2,1-2H3. The summed E-state index contributed by atoms with van der Waals surface area (Å²) in [6, 6.07) is 73.7. The molecule has 0 spiro atoms. The molecule has 9 aromatic rings. The Morgan fingerprint density at radius 1 is 0.376 bits per heavy atom. The van der Waals surface area contributed by atoms with E-state index in [2.05, 4.69) is 168 Å². The number of carbonyl (C=O) groups is 3. The van der Waals surface area contributed by atoms with Crippen LogP contribution in [0.1, 0.15) is 266 Å². The van der Waals surface area contributed by atoms with E-state index in [1.54, 1.807) is 32.4 Å². The summed E-state index contributed by atoms with van der Waals surface area (Å²) in [5.74, 6) is 9.93. The molecule has 4 aliphatic rings. The number of nitrogens with zero attached hydrogens (tertiary/aromatic N) is 3. The lowest BCUT2D eigenvalue weighted by atomic mass is 9.87. The van der Waals surface area contributed by atoms with Crippen molar-refractivity contribution in [2.45, 2.75) is 268 Å². The molecule has 0 amide bonds. The van der Waals surface area contributed by atoms with Gasteiger partial charge in [0.1, 0.15) is 40.2 Å². The summed E-state index contributed by atoms with van der Waals surface area (Å²) in [6.07, 6.45) is 5.22. The highest BCUT2D eigenvalue weighted by atomic mass is 16.7. The Bertz CT molecular complexity index is 4720. The van der Waals surface area contributed by atoms with Gasteiger partial charge in [0.05, 0.1) is 82.8 Å². The van der Waals surface area contributed by atoms with Crippen molar-refractivity contribution in [2.24, 2.45) is 23.1 Å². The third-order valence-electron chi connectivity index (χ3n) is 22.1. The number of likely N-dealkylation sites (tertiary alicyclic amines) is 3. The summed E-state index contributed by atoms with van der Waals surface area (Å²) in [5, 5.41) is 0. The van der Waals surface area contributed by atoms with Gasteiger partial charge in [-0.2, -0.15) is 0 Å². The van der Waals surface area contributed by atoms with E-state index in [4.69, 9.17) is 64.6 Å². The Labute approximate surface area is 798 Å². The van der Waals surface area contributed by atoms with Crippen LogP contribution in [0.5, 0.6) is 51.7 Å². The molecule has 6 N–H and O–H groups in total. The fourth-order valence-electron chi connectivity index (χ4n) is 15.5. The number of piperidine rings is 3. The molecule has 0 radical (unpaired) electrons. The summed E-state index contributed by atoms with van der Waals surface area (Å²) < 4.78 is 62.9. The van der Waals surface area contributed by atoms with Crippen LogP contribution < -0.4 is 59.8 Å². The molecule has 0 aromatic heterocycles. The minimum Gasteiger partial charge on any atom is -0.497 e. The summed E-state index contributed by atoms with van der Waals surface area (Å²) in [7, 11) is 6.23. The Hall–Kier alpha value is -10.7. The smallest absolute Gasteiger partial charge is 0.338 e. The molecule has 6 unspecified atom stereocenters. The number of carbonyl (C=O) groups excluding carboxylic acids is 3. The number of esters is 3. The van der Waals surface area contributed by atoms with Crippen molar-refractivity contribution in [3.05, 3.63) is 268 Å². The average Bonchev–Trinajstić information content (AvgIpc) is 1.25. The van der Waals surface area contributed by atoms with E-state index in [1.165, 1.54) is 43.0 Å². The molecule has 21 nitrogen and oxygen atoms in total. The summed E-state index contributed by atoms with van der Waals surface area (Å²) in [4.78, 5) is 41.2. The van der Waals surface area contributed by atoms with E-state index in [1.807, 2.05) is 209 Å². The number of fused-ring (bicyclic) bond motifs is 1. The molecule has 3 saturated heterocycles. The summed E-state index contributed by atoms with van der Waals surface area (Å²) in [5.41, 5.74) is 28.0. The van der Waals surface area contributed by atoms with E-state index < -0.39 is 0 Å². The maximum atomic E-state index is 11.5. The maximum Gasteiger partial charge on any atom is 0.338 e. The van der Waals surface area contributed by atoms with Crippen molar-refractivity contribution in [3.8, 4) is 51.7 Å². The lowest BCUT2D eigenvalue weighted by Gasteiger charge is -2.39. The first-order valence-electron chi connectivity index (χ1n) is 47.7. The molecule has 730 valence electrons. The Balaban J connectivity index is 0.000000265. The second kappa shape index (κ2) is 60.6. The third kappa shape index (κ3) is 42.2. The van der Waals surface area contributed by atoms with Crippen molar-refractivity contribution < 1.29 is 71.2 Å². The predicted molar refractivity (Wildman–Crippen MR) is 543 cm³/mol. The van der Waals surface area contributed by atoms with E-state index in [-0.39, 0.29) is 54.4 Å². The van der Waals surface area contributed by atoms with Gasteiger partial charge < -0.3 is 74.0 Å². The minimum atomic E-state index is -0.282. The van der Waals surface area contributed by atoms with Crippen molar-refractivity contribution in [2.75, 3.05) is 87.7 Å². The van der Waals surface area contributed by atoms with Gasteiger partial charge in [0.2, 0.25) is 6.79 Å². The zero-order chi connectivity index (χ0) is 98.2. The Morgan fingerprint density at radius 3 is 1.36 bits per heavy atom. The monoisotopic (exact) mass is 1830 g/mol. The van der Waals surface area contributed by atoms with E-state index in [0.717, 1.165) is 121 Å². The highest BCUT2D eigenvalue weighted by molar-refractivity contribution is 5.91. The lowest BCUT2D eigenvalue weighted by molar-refractivity contribution is 0.0522. The average molecular weight is 1830 g/mol. The van der Waals surface area contributed by atoms with Crippen molar-refractivity contribution in [1.29, 1.82) is 0 Å². The number of hydrogen-bond donors (Lipinski definition) is 3. The lowest BCUT2D eigenvalue weighted by Crippen LogP contribution is -2.50. The van der Waals surface area contributed by atoms with Gasteiger partial charge in [-0.3, -0.25) is 14.7 Å². The van der Waals surface area contributed by atoms with Gasteiger partial charge >= 0.3 is 17.9 Å². The molecular formula is C112H162N6O15. The quantitative estimate of drug-likeness (QED) is 0.0337. The van der Waals surface area contributed by atoms with Crippen LogP contribution in [0, 0.1) is 5.92 Å². The van der Waals surface area contributed by atoms with Gasteiger partial charge in [0.15, 0.2) is 11.5 Å². The largest absolute Gasteiger partial charge is 0.497 e. The van der Waals surface area contributed by atoms with Gasteiger partial charge in [0, 0.05) is 99.6 Å². The first-order valence-corrected chi connectivity index (χ1v) is 47.7. The van der Waals surface area contributed by atoms with Gasteiger partial charge in [-0.05, 0) is 284 Å². The fourth-order valence-corrected chi connectivity index (χ4v) is 15.5. The second-order valence-corrected chi connectivity index (χ2v) is 36.7. The number of ether oxygens (including phenoxy) is 12. The van der Waals surface area contributed by atoms with Gasteiger partial charge in [0.25, 0.3) is 0 Å². The number of hydrogen-bond acceptors (Lipinski definition) is 21. The van der Waals surface area contributed by atoms with Crippen LogP contribution in [-0.2, 0) is 20.6 Å². The molecule has 6 atom stereocenters. The summed E-state index contributed by atoms with van der Waals surface area (Å²) >= 11 is 0. The Morgan fingerprint density at radius 2 is 0.842 bits per heavy atom. The molecule has 3 fully saturated rings. The van der Waals surface area contributed by atoms with Gasteiger partial charge in [-0.15, -0.1) is 0 Å². The van der Waals surface area contributed by atoms with Crippen LogP contribution >= 0.6 is 0 Å². The number of nitrogens with two attached hydrogens (primary N) is 3. The molecular weight excluding hydrogens is 1670 g/mol. The zero-order valence-corrected chi connectivity index (χ0v) is 84.9. The number of para-hydroxylation sites is 1. The van der Waals surface area contributed by atoms with Crippen LogP contribution in [0.3, 0.4) is 0 Å². The minimum absolute atomic E-state index is 0.181. The predicted octanol–water partition coefficient (Wildman–Crippen LogP) is 23.2. The van der Waals surface area contributed by atoms with Crippen LogP contribution in [0.25, 0.3) is 0 Å². The van der Waals surface area contributed by atoms with E-state index in [0.29, 0.717) is 96.4 Å². The zero-order valence-electron chi connectivity index (χ0n) is 84.9. The van der Waals surface area contributed by atoms with Crippen molar-refractivity contribution >= 4 is 17.9 Å². The van der Waals surface area contributed by atoms with Crippen molar-refractivity contribution in [3.63, 3.8) is 0 Å². The topological polar surface area (TPSA) is 250 Å². The fraction of sp³-hybridized carbons (Fsp3) is 0.491. The second-order valence-electron chi connectivity index (χ2n) is 36.7. The van der Waals surface area contributed by atoms with E-state index in [9.17, 15) is 14.4 Å². The SMILES string of the molecule is CC(C)N1CC(N)CC(Cc2ccccc2)C1.CC(C)Oc1ccc2c(c1)OCO2.CC(C)Oc1cccc(OC(C)C)c1.CCOC(=O)c1ccccc1C(C)C.CCOc1cccc(OC(C)C)c1.COC(=O)c1ccc(C(C)C)cc1.COC(=O)c1cccc(C(C)C)c1.COc1cccc(C2CC(N)CN(C(C)C)C2)c1.COc1ccccc1C1CC(N)CN(C(C)C)C1. The molecule has 21 heteroatoms. The number of methoxy groups -OCH3 is 4. The third-order valence-corrected chi connectivity index (χ3v) is 22.1. The maximum absolute atomic E-state index is 11.5. The highest BCUT2D eigenvalue weighted by Gasteiger charge is 2.31. The first kappa shape index (κ1) is 113. The molecule has 4 aliphatic heterocycles. The first-order chi connectivity index (χ1) is 63.4. The van der Waals surface area contributed by atoms with Crippen LogP contribution in [0.15, 0.2) is 218 Å². The highest BCUT2D eigenvalue weighted by Crippen LogP contribution is 2.37. The molecule has 4 heterocycles. The number of rotatable bonds is 26. The van der Waals surface area contributed by atoms with Crippen LogP contribution in [0.2, 0.25) is 0 Å². The van der Waals surface area contributed by atoms with Gasteiger partial charge in [-0.25, -0.2) is 14.4 Å².